The van der Waals surface area contributed by atoms with Crippen LogP contribution < -0.4 is 10.2 Å². The van der Waals surface area contributed by atoms with Gasteiger partial charge in [0.15, 0.2) is 0 Å². The number of hydrogen-bond donors (Lipinski definition) is 1. The molecule has 1 aliphatic rings. The Hall–Kier alpha value is -3.05. The van der Waals surface area contributed by atoms with E-state index in [1.807, 2.05) is 25.1 Å². The van der Waals surface area contributed by atoms with E-state index in [1.165, 1.54) is 16.3 Å². The molecule has 0 saturated carbocycles. The Morgan fingerprint density at radius 2 is 1.86 bits per heavy atom. The molecule has 3 aromatic rings. The molecule has 0 spiro atoms. The quantitative estimate of drug-likeness (QED) is 0.630. The first-order valence-electron chi connectivity index (χ1n) is 10.1. The van der Waals surface area contributed by atoms with Gasteiger partial charge in [0.2, 0.25) is 0 Å². The molecule has 0 bridgehead atoms. The molecule has 29 heavy (non-hydrogen) atoms. The minimum atomic E-state index is -0.289. The maximum atomic E-state index is 12.6. The fourth-order valence-electron chi connectivity index (χ4n) is 3.74. The number of morpholine rings is 1. The van der Waals surface area contributed by atoms with Crippen LogP contribution in [0.1, 0.15) is 22.8 Å². The summed E-state index contributed by atoms with van der Waals surface area (Å²) in [5.74, 6) is -0.289. The zero-order chi connectivity index (χ0) is 20.1. The van der Waals surface area contributed by atoms with Crippen molar-refractivity contribution in [1.29, 1.82) is 0 Å². The van der Waals surface area contributed by atoms with Crippen molar-refractivity contribution in [3.63, 3.8) is 0 Å². The van der Waals surface area contributed by atoms with Gasteiger partial charge in [-0.25, -0.2) is 4.79 Å². The Labute approximate surface area is 171 Å². The van der Waals surface area contributed by atoms with Crippen molar-refractivity contribution in [2.75, 3.05) is 43.1 Å². The third-order valence-electron chi connectivity index (χ3n) is 5.21. The van der Waals surface area contributed by atoms with E-state index in [-0.39, 0.29) is 5.97 Å². The van der Waals surface area contributed by atoms with Gasteiger partial charge < -0.3 is 19.7 Å². The highest BCUT2D eigenvalue weighted by Gasteiger charge is 2.20. The summed E-state index contributed by atoms with van der Waals surface area (Å²) < 4.78 is 10.8. The fourth-order valence-corrected chi connectivity index (χ4v) is 3.74. The molecule has 4 rings (SSSR count). The minimum absolute atomic E-state index is 0.289. The van der Waals surface area contributed by atoms with Crippen molar-refractivity contribution in [3.8, 4) is 0 Å². The topological polar surface area (TPSA) is 50.8 Å². The van der Waals surface area contributed by atoms with E-state index in [2.05, 4.69) is 52.7 Å². The number of carbonyl (C=O) groups excluding carboxylic acids is 1. The van der Waals surface area contributed by atoms with Crippen LogP contribution in [0.4, 0.5) is 11.4 Å². The second kappa shape index (κ2) is 8.97. The first-order valence-corrected chi connectivity index (χ1v) is 10.1. The van der Waals surface area contributed by atoms with Crippen molar-refractivity contribution in [2.45, 2.75) is 13.5 Å². The predicted molar refractivity (Wildman–Crippen MR) is 117 cm³/mol. The minimum Gasteiger partial charge on any atom is -0.462 e. The van der Waals surface area contributed by atoms with Crippen LogP contribution in [-0.2, 0) is 16.0 Å². The molecule has 0 amide bonds. The van der Waals surface area contributed by atoms with Gasteiger partial charge in [0, 0.05) is 25.3 Å². The summed E-state index contributed by atoms with van der Waals surface area (Å²) in [6.07, 6.45) is 0. The van der Waals surface area contributed by atoms with Gasteiger partial charge in [0.05, 0.1) is 31.1 Å². The van der Waals surface area contributed by atoms with Gasteiger partial charge in [-0.05, 0) is 41.5 Å². The summed E-state index contributed by atoms with van der Waals surface area (Å²) in [5.41, 5.74) is 3.62. The third kappa shape index (κ3) is 4.35. The van der Waals surface area contributed by atoms with E-state index in [0.29, 0.717) is 31.9 Å². The highest BCUT2D eigenvalue weighted by atomic mass is 16.5. The molecule has 0 aromatic heterocycles. The number of nitrogens with one attached hydrogen (secondary N) is 1. The molecule has 0 unspecified atom stereocenters. The number of rotatable bonds is 6. The lowest BCUT2D eigenvalue weighted by Crippen LogP contribution is -2.37. The van der Waals surface area contributed by atoms with Crippen molar-refractivity contribution >= 4 is 28.1 Å². The summed E-state index contributed by atoms with van der Waals surface area (Å²) >= 11 is 0. The molecule has 0 aliphatic carbocycles. The third-order valence-corrected chi connectivity index (χ3v) is 5.21. The molecule has 1 fully saturated rings. The van der Waals surface area contributed by atoms with Gasteiger partial charge in [-0.1, -0.05) is 42.5 Å². The van der Waals surface area contributed by atoms with Crippen LogP contribution in [0.2, 0.25) is 0 Å². The summed E-state index contributed by atoms with van der Waals surface area (Å²) in [7, 11) is 0. The molecular formula is C24H26N2O3. The molecule has 1 saturated heterocycles. The van der Waals surface area contributed by atoms with Crippen LogP contribution in [-0.4, -0.2) is 38.9 Å². The Balaban J connectivity index is 1.58. The zero-order valence-electron chi connectivity index (χ0n) is 16.7. The van der Waals surface area contributed by atoms with Gasteiger partial charge in [0.25, 0.3) is 0 Å². The van der Waals surface area contributed by atoms with E-state index in [4.69, 9.17) is 9.47 Å². The Morgan fingerprint density at radius 3 is 2.69 bits per heavy atom. The number of anilines is 2. The monoisotopic (exact) mass is 390 g/mol. The van der Waals surface area contributed by atoms with Crippen LogP contribution in [0.5, 0.6) is 0 Å². The highest BCUT2D eigenvalue weighted by molar-refractivity contribution is 5.97. The number of esters is 1. The normalized spacial score (nSPS) is 14.0. The maximum absolute atomic E-state index is 12.6. The second-order valence-corrected chi connectivity index (χ2v) is 7.04. The summed E-state index contributed by atoms with van der Waals surface area (Å²) in [4.78, 5) is 14.8. The SMILES string of the molecule is CCOC(=O)c1cc(NCc2cccc3ccccc23)ccc1N1CCOCC1. The average molecular weight is 390 g/mol. The van der Waals surface area contributed by atoms with Crippen LogP contribution in [0.3, 0.4) is 0 Å². The summed E-state index contributed by atoms with van der Waals surface area (Å²) in [5, 5.41) is 5.93. The zero-order valence-corrected chi connectivity index (χ0v) is 16.7. The van der Waals surface area contributed by atoms with Crippen LogP contribution in [0.25, 0.3) is 10.8 Å². The standard InChI is InChI=1S/C24H26N2O3/c1-2-29-24(27)22-16-20(10-11-23(22)26-12-14-28-15-13-26)25-17-19-8-5-7-18-6-3-4-9-21(18)19/h3-11,16,25H,2,12-15,17H2,1H3. The van der Waals surface area contributed by atoms with Gasteiger partial charge in [0.1, 0.15) is 0 Å². The van der Waals surface area contributed by atoms with E-state index >= 15 is 0 Å². The Bertz CT molecular complexity index is 991. The molecule has 0 atom stereocenters. The Kier molecular flexibility index (Phi) is 5.96. The molecule has 1 aliphatic heterocycles. The van der Waals surface area contributed by atoms with E-state index < -0.39 is 0 Å². The van der Waals surface area contributed by atoms with Gasteiger partial charge >= 0.3 is 5.97 Å². The van der Waals surface area contributed by atoms with Crippen molar-refractivity contribution in [2.24, 2.45) is 0 Å². The molecule has 1 N–H and O–H groups in total. The molecular weight excluding hydrogens is 364 g/mol. The number of ether oxygens (including phenoxy) is 2. The molecule has 1 heterocycles. The lowest BCUT2D eigenvalue weighted by Gasteiger charge is -2.30. The van der Waals surface area contributed by atoms with Crippen LogP contribution in [0.15, 0.2) is 60.7 Å². The van der Waals surface area contributed by atoms with Crippen molar-refractivity contribution < 1.29 is 14.3 Å². The number of fused-ring (bicyclic) bond motifs is 1. The fraction of sp³-hybridized carbons (Fsp3) is 0.292. The number of carbonyl (C=O) groups is 1. The van der Waals surface area contributed by atoms with E-state index in [1.54, 1.807) is 0 Å². The molecule has 5 heteroatoms. The molecule has 150 valence electrons. The summed E-state index contributed by atoms with van der Waals surface area (Å²) in [6.45, 7) is 5.75. The van der Waals surface area contributed by atoms with Crippen molar-refractivity contribution in [1.82, 2.24) is 0 Å². The first-order chi connectivity index (χ1) is 14.3. The van der Waals surface area contributed by atoms with Crippen LogP contribution in [0, 0.1) is 0 Å². The van der Waals surface area contributed by atoms with E-state index in [0.717, 1.165) is 24.5 Å². The number of hydrogen-bond acceptors (Lipinski definition) is 5. The van der Waals surface area contributed by atoms with Crippen molar-refractivity contribution in [3.05, 3.63) is 71.8 Å². The molecule has 0 radical (unpaired) electrons. The molecule has 5 nitrogen and oxygen atoms in total. The van der Waals surface area contributed by atoms with Gasteiger partial charge in [-0.15, -0.1) is 0 Å². The Morgan fingerprint density at radius 1 is 1.07 bits per heavy atom. The van der Waals surface area contributed by atoms with E-state index in [9.17, 15) is 4.79 Å². The van der Waals surface area contributed by atoms with Gasteiger partial charge in [-0.2, -0.15) is 0 Å². The summed E-state index contributed by atoms with van der Waals surface area (Å²) in [6, 6.07) is 20.6. The predicted octanol–water partition coefficient (Wildman–Crippen LogP) is 4.47. The molecule has 3 aromatic carbocycles. The lowest BCUT2D eigenvalue weighted by atomic mass is 10.0. The number of benzene rings is 3. The van der Waals surface area contributed by atoms with Crippen LogP contribution >= 0.6 is 0 Å². The largest absolute Gasteiger partial charge is 0.462 e. The maximum Gasteiger partial charge on any atom is 0.340 e. The number of nitrogens with zero attached hydrogens (tertiary/aromatic N) is 1. The lowest BCUT2D eigenvalue weighted by molar-refractivity contribution is 0.0526. The smallest absolute Gasteiger partial charge is 0.340 e. The first kappa shape index (κ1) is 19.3. The highest BCUT2D eigenvalue weighted by Crippen LogP contribution is 2.27. The van der Waals surface area contributed by atoms with Gasteiger partial charge in [-0.3, -0.25) is 0 Å². The second-order valence-electron chi connectivity index (χ2n) is 7.04. The average Bonchev–Trinajstić information content (AvgIpc) is 2.78.